The van der Waals surface area contributed by atoms with E-state index < -0.39 is 0 Å². The van der Waals surface area contributed by atoms with Crippen LogP contribution >= 0.6 is 0 Å². The summed E-state index contributed by atoms with van der Waals surface area (Å²) in [5, 5.41) is 17.7. The zero-order valence-electron chi connectivity index (χ0n) is 9.89. The van der Waals surface area contributed by atoms with Crippen LogP contribution in [0.1, 0.15) is 29.3 Å². The van der Waals surface area contributed by atoms with Gasteiger partial charge in [-0.05, 0) is 24.6 Å². The van der Waals surface area contributed by atoms with Crippen LogP contribution in [0.3, 0.4) is 0 Å². The molecule has 0 aliphatic carbocycles. The number of hydrogen-bond acceptors (Lipinski definition) is 3. The summed E-state index contributed by atoms with van der Waals surface area (Å²) in [6, 6.07) is 8.61. The highest BCUT2D eigenvalue weighted by Crippen LogP contribution is 2.08. The Kier molecular flexibility index (Phi) is 5.18. The maximum atomic E-state index is 12.1. The minimum atomic E-state index is -0.141. The van der Waals surface area contributed by atoms with Crippen LogP contribution in [-0.4, -0.2) is 35.6 Å². The lowest BCUT2D eigenvalue weighted by atomic mass is 10.1. The number of carbonyl (C=O) groups excluding carboxylic acids is 1. The van der Waals surface area contributed by atoms with E-state index in [2.05, 4.69) is 0 Å². The van der Waals surface area contributed by atoms with E-state index in [1.165, 1.54) is 0 Å². The van der Waals surface area contributed by atoms with Gasteiger partial charge in [-0.25, -0.2) is 0 Å². The topological polar surface area (TPSA) is 64.3 Å². The molecule has 4 nitrogen and oxygen atoms in total. The number of aliphatic hydroxyl groups excluding tert-OH is 1. The molecule has 17 heavy (non-hydrogen) atoms. The van der Waals surface area contributed by atoms with Gasteiger partial charge in [-0.1, -0.05) is 13.0 Å². The van der Waals surface area contributed by atoms with Crippen LogP contribution in [0.2, 0.25) is 0 Å². The summed E-state index contributed by atoms with van der Waals surface area (Å²) in [6.45, 7) is 2.85. The molecule has 0 heterocycles. The molecule has 4 heteroatoms. The lowest BCUT2D eigenvalue weighted by Crippen LogP contribution is -2.34. The quantitative estimate of drug-likeness (QED) is 0.834. The number of benzene rings is 1. The van der Waals surface area contributed by atoms with Crippen molar-refractivity contribution in [1.29, 1.82) is 5.26 Å². The normalized spacial score (nSPS) is 9.71. The van der Waals surface area contributed by atoms with Gasteiger partial charge in [0.25, 0.3) is 5.91 Å². The molecule has 0 spiro atoms. The Morgan fingerprint density at radius 2 is 2.24 bits per heavy atom. The van der Waals surface area contributed by atoms with E-state index in [1.54, 1.807) is 29.2 Å². The first-order chi connectivity index (χ1) is 8.22. The first-order valence-corrected chi connectivity index (χ1v) is 5.63. The second-order valence-corrected chi connectivity index (χ2v) is 3.71. The van der Waals surface area contributed by atoms with Crippen molar-refractivity contribution in [3.8, 4) is 6.07 Å². The molecule has 1 rings (SSSR count). The number of nitrogens with zero attached hydrogens (tertiary/aromatic N) is 2. The van der Waals surface area contributed by atoms with Gasteiger partial charge in [0.15, 0.2) is 0 Å². The van der Waals surface area contributed by atoms with Crippen molar-refractivity contribution in [2.45, 2.75) is 13.3 Å². The lowest BCUT2D eigenvalue weighted by Gasteiger charge is -2.21. The Labute approximate surface area is 101 Å². The van der Waals surface area contributed by atoms with Crippen molar-refractivity contribution in [2.75, 3.05) is 19.7 Å². The van der Waals surface area contributed by atoms with E-state index in [0.717, 1.165) is 6.42 Å². The zero-order valence-corrected chi connectivity index (χ0v) is 9.89. The highest BCUT2D eigenvalue weighted by molar-refractivity contribution is 5.94. The summed E-state index contributed by atoms with van der Waals surface area (Å²) in [7, 11) is 0. The number of rotatable bonds is 5. The summed E-state index contributed by atoms with van der Waals surface area (Å²) in [5.41, 5.74) is 0.960. The van der Waals surface area contributed by atoms with Crippen LogP contribution in [-0.2, 0) is 0 Å². The van der Waals surface area contributed by atoms with Gasteiger partial charge in [-0.15, -0.1) is 0 Å². The Bertz CT molecular complexity index is 418. The summed E-state index contributed by atoms with van der Waals surface area (Å²) in [6.07, 6.45) is 0.837. The van der Waals surface area contributed by atoms with E-state index in [4.69, 9.17) is 10.4 Å². The van der Waals surface area contributed by atoms with Gasteiger partial charge in [0.1, 0.15) is 0 Å². The monoisotopic (exact) mass is 232 g/mol. The summed E-state index contributed by atoms with van der Waals surface area (Å²) < 4.78 is 0. The number of hydrogen-bond donors (Lipinski definition) is 1. The predicted molar refractivity (Wildman–Crippen MR) is 64.4 cm³/mol. The second kappa shape index (κ2) is 6.66. The van der Waals surface area contributed by atoms with E-state index in [1.807, 2.05) is 13.0 Å². The highest BCUT2D eigenvalue weighted by atomic mass is 16.3. The third-order valence-corrected chi connectivity index (χ3v) is 2.39. The number of nitriles is 1. The molecule has 0 radical (unpaired) electrons. The minimum Gasteiger partial charge on any atom is -0.395 e. The number of carbonyl (C=O) groups is 1. The first kappa shape index (κ1) is 13.2. The van der Waals surface area contributed by atoms with E-state index >= 15 is 0 Å². The predicted octanol–water partition coefficient (Wildman–Crippen LogP) is 1.40. The van der Waals surface area contributed by atoms with Gasteiger partial charge < -0.3 is 10.0 Å². The van der Waals surface area contributed by atoms with Gasteiger partial charge >= 0.3 is 0 Å². The molecule has 1 amide bonds. The van der Waals surface area contributed by atoms with Gasteiger partial charge in [0.05, 0.1) is 18.2 Å². The largest absolute Gasteiger partial charge is 0.395 e. The molecule has 90 valence electrons. The Morgan fingerprint density at radius 3 is 2.82 bits per heavy atom. The molecule has 0 saturated heterocycles. The summed E-state index contributed by atoms with van der Waals surface area (Å²) in [4.78, 5) is 13.7. The average molecular weight is 232 g/mol. The third kappa shape index (κ3) is 3.58. The molecule has 1 N–H and O–H groups in total. The maximum Gasteiger partial charge on any atom is 0.253 e. The van der Waals surface area contributed by atoms with Crippen molar-refractivity contribution >= 4 is 5.91 Å². The zero-order chi connectivity index (χ0) is 12.7. The van der Waals surface area contributed by atoms with Crippen molar-refractivity contribution in [1.82, 2.24) is 4.90 Å². The Morgan fingerprint density at radius 1 is 1.47 bits per heavy atom. The Hall–Kier alpha value is -1.86. The molecule has 1 aromatic carbocycles. The van der Waals surface area contributed by atoms with Crippen molar-refractivity contribution < 1.29 is 9.90 Å². The maximum absolute atomic E-state index is 12.1. The first-order valence-electron chi connectivity index (χ1n) is 5.63. The van der Waals surface area contributed by atoms with E-state index in [-0.39, 0.29) is 12.5 Å². The second-order valence-electron chi connectivity index (χ2n) is 3.71. The third-order valence-electron chi connectivity index (χ3n) is 2.39. The van der Waals surface area contributed by atoms with E-state index in [9.17, 15) is 4.79 Å². The molecule has 0 aliphatic heterocycles. The van der Waals surface area contributed by atoms with Gasteiger partial charge in [-0.2, -0.15) is 5.26 Å². The van der Waals surface area contributed by atoms with Gasteiger partial charge in [-0.3, -0.25) is 4.79 Å². The van der Waals surface area contributed by atoms with E-state index in [0.29, 0.717) is 24.2 Å². The van der Waals surface area contributed by atoms with Crippen LogP contribution in [0, 0.1) is 11.3 Å². The van der Waals surface area contributed by atoms with Crippen LogP contribution in [0.25, 0.3) is 0 Å². The molecular weight excluding hydrogens is 216 g/mol. The molecular formula is C13H16N2O2. The van der Waals surface area contributed by atoms with Crippen LogP contribution in [0.4, 0.5) is 0 Å². The van der Waals surface area contributed by atoms with Crippen molar-refractivity contribution in [3.63, 3.8) is 0 Å². The van der Waals surface area contributed by atoms with Crippen LogP contribution in [0.5, 0.6) is 0 Å². The average Bonchev–Trinajstić information content (AvgIpc) is 2.38. The lowest BCUT2D eigenvalue weighted by molar-refractivity contribution is 0.0722. The van der Waals surface area contributed by atoms with Crippen LogP contribution in [0.15, 0.2) is 24.3 Å². The molecule has 0 aliphatic rings. The number of amides is 1. The summed E-state index contributed by atoms with van der Waals surface area (Å²) in [5.74, 6) is -0.141. The van der Waals surface area contributed by atoms with Crippen molar-refractivity contribution in [3.05, 3.63) is 35.4 Å². The standard InChI is InChI=1S/C13H16N2O2/c1-2-6-15(7-8-16)13(17)12-5-3-4-11(9-12)10-14/h3-5,9,16H,2,6-8H2,1H3. The number of aliphatic hydroxyl groups is 1. The van der Waals surface area contributed by atoms with Gasteiger partial charge in [0.2, 0.25) is 0 Å². The molecule has 0 bridgehead atoms. The highest BCUT2D eigenvalue weighted by Gasteiger charge is 2.14. The molecule has 0 atom stereocenters. The molecule has 1 aromatic rings. The molecule has 0 saturated carbocycles. The molecule has 0 unspecified atom stereocenters. The Balaban J connectivity index is 2.89. The van der Waals surface area contributed by atoms with Crippen molar-refractivity contribution in [2.24, 2.45) is 0 Å². The fourth-order valence-electron chi connectivity index (χ4n) is 1.61. The summed E-state index contributed by atoms with van der Waals surface area (Å²) >= 11 is 0. The smallest absolute Gasteiger partial charge is 0.253 e. The fraction of sp³-hybridized carbons (Fsp3) is 0.385. The fourth-order valence-corrected chi connectivity index (χ4v) is 1.61. The molecule has 0 aromatic heterocycles. The van der Waals surface area contributed by atoms with Crippen LogP contribution < -0.4 is 0 Å². The molecule has 0 fully saturated rings. The minimum absolute atomic E-state index is 0.0519. The SMILES string of the molecule is CCCN(CCO)C(=O)c1cccc(C#N)c1. The van der Waals surface area contributed by atoms with Gasteiger partial charge in [0, 0.05) is 18.7 Å².